The van der Waals surface area contributed by atoms with E-state index in [2.05, 4.69) is 4.98 Å². The smallest absolute Gasteiger partial charge is 0.222 e. The summed E-state index contributed by atoms with van der Waals surface area (Å²) >= 11 is 1.79. The molecule has 0 aliphatic rings. The highest BCUT2D eigenvalue weighted by atomic mass is 127. The maximum atomic E-state index is 13.4. The Bertz CT molecular complexity index is 353. The Kier molecular flexibility index (Phi) is 3.65. The van der Waals surface area contributed by atoms with Crippen molar-refractivity contribution in [1.82, 2.24) is 4.98 Å². The van der Waals surface area contributed by atoms with Crippen LogP contribution in [0, 0.1) is 20.9 Å². The molecule has 1 rings (SSSR count). The third-order valence-corrected chi connectivity index (χ3v) is 2.92. The van der Waals surface area contributed by atoms with E-state index >= 15 is 0 Å². The third kappa shape index (κ3) is 2.84. The number of aliphatic hydroxyl groups is 1. The molecule has 0 fully saturated rings. The normalized spacial score (nSPS) is 14.1. The molecule has 0 aliphatic heterocycles. The summed E-state index contributed by atoms with van der Waals surface area (Å²) in [5, 5.41) is 9.90. The van der Waals surface area contributed by atoms with Crippen LogP contribution in [0.2, 0.25) is 0 Å². The van der Waals surface area contributed by atoms with Crippen LogP contribution < -0.4 is 0 Å². The van der Waals surface area contributed by atoms with Gasteiger partial charge in [-0.2, -0.15) is 13.8 Å². The van der Waals surface area contributed by atoms with Gasteiger partial charge in [0.25, 0.3) is 0 Å². The van der Waals surface area contributed by atoms with Gasteiger partial charge in [0.2, 0.25) is 11.9 Å². The third-order valence-electron chi connectivity index (χ3n) is 2.02. The summed E-state index contributed by atoms with van der Waals surface area (Å²) in [5.41, 5.74) is -0.454. The number of pyridine rings is 1. The Labute approximate surface area is 101 Å². The van der Waals surface area contributed by atoms with Crippen LogP contribution in [0.3, 0.4) is 0 Å². The number of aliphatic hydroxyl groups excluding tert-OH is 1. The maximum Gasteiger partial charge on any atom is 0.222 e. The second kappa shape index (κ2) is 4.29. The minimum atomic E-state index is -1.00. The average Bonchev–Trinajstić information content (AvgIpc) is 1.99. The Balaban J connectivity index is 3.26. The Morgan fingerprint density at radius 1 is 1.40 bits per heavy atom. The molecular formula is C10H12F2INO. The first kappa shape index (κ1) is 12.8. The van der Waals surface area contributed by atoms with Crippen molar-refractivity contribution in [3.8, 4) is 0 Å². The number of hydrogen-bond acceptors (Lipinski definition) is 2. The van der Waals surface area contributed by atoms with E-state index in [4.69, 9.17) is 0 Å². The lowest BCUT2D eigenvalue weighted by atomic mass is 9.85. The lowest BCUT2D eigenvalue weighted by Gasteiger charge is -2.26. The molecule has 0 radical (unpaired) electrons. The zero-order valence-electron chi connectivity index (χ0n) is 8.68. The maximum absolute atomic E-state index is 13.4. The summed E-state index contributed by atoms with van der Waals surface area (Å²) in [6.07, 6.45) is -1.00. The lowest BCUT2D eigenvalue weighted by Crippen LogP contribution is -2.21. The van der Waals surface area contributed by atoms with Crippen molar-refractivity contribution in [2.75, 3.05) is 0 Å². The number of halogens is 3. The van der Waals surface area contributed by atoms with Crippen LogP contribution in [0.5, 0.6) is 0 Å². The minimum Gasteiger partial charge on any atom is -0.388 e. The zero-order chi connectivity index (χ0) is 11.8. The van der Waals surface area contributed by atoms with Crippen molar-refractivity contribution in [2.45, 2.75) is 26.9 Å². The molecule has 1 atom stereocenters. The van der Waals surface area contributed by atoms with Crippen molar-refractivity contribution in [3.63, 3.8) is 0 Å². The van der Waals surface area contributed by atoms with Gasteiger partial charge >= 0.3 is 0 Å². The highest BCUT2D eigenvalue weighted by Gasteiger charge is 2.29. The van der Waals surface area contributed by atoms with Crippen molar-refractivity contribution in [3.05, 3.63) is 27.1 Å². The van der Waals surface area contributed by atoms with Crippen LogP contribution in [-0.4, -0.2) is 10.1 Å². The number of aromatic nitrogens is 1. The van der Waals surface area contributed by atoms with Crippen molar-refractivity contribution < 1.29 is 13.9 Å². The molecule has 0 bridgehead atoms. The highest BCUT2D eigenvalue weighted by Crippen LogP contribution is 2.35. The topological polar surface area (TPSA) is 33.1 Å². The molecule has 15 heavy (non-hydrogen) atoms. The van der Waals surface area contributed by atoms with E-state index in [-0.39, 0.29) is 5.56 Å². The molecular weight excluding hydrogens is 315 g/mol. The summed E-state index contributed by atoms with van der Waals surface area (Å²) in [7, 11) is 0. The number of hydrogen-bond donors (Lipinski definition) is 1. The van der Waals surface area contributed by atoms with E-state index in [0.29, 0.717) is 3.57 Å². The van der Waals surface area contributed by atoms with Gasteiger partial charge in [-0.25, -0.2) is 0 Å². The van der Waals surface area contributed by atoms with Gasteiger partial charge in [0.15, 0.2) is 0 Å². The molecule has 2 nitrogen and oxygen atoms in total. The fourth-order valence-electron chi connectivity index (χ4n) is 1.14. The number of nitrogens with zero attached hydrogens (tertiary/aromatic N) is 1. The Morgan fingerprint density at radius 3 is 2.33 bits per heavy atom. The SMILES string of the molecule is CC(C)(C)C(O)c1c(I)cc(F)nc1F. The molecule has 1 N–H and O–H groups in total. The van der Waals surface area contributed by atoms with Gasteiger partial charge in [0.05, 0.1) is 6.10 Å². The van der Waals surface area contributed by atoms with Gasteiger partial charge in [0, 0.05) is 15.2 Å². The molecule has 0 aromatic carbocycles. The van der Waals surface area contributed by atoms with Gasteiger partial charge in [0.1, 0.15) is 0 Å². The van der Waals surface area contributed by atoms with E-state index in [1.54, 1.807) is 43.4 Å². The molecule has 1 aromatic heterocycles. The van der Waals surface area contributed by atoms with Gasteiger partial charge in [-0.05, 0) is 28.0 Å². The van der Waals surface area contributed by atoms with Gasteiger partial charge in [-0.3, -0.25) is 0 Å². The second-order valence-corrected chi connectivity index (χ2v) is 5.56. The molecule has 0 spiro atoms. The van der Waals surface area contributed by atoms with E-state index < -0.39 is 23.4 Å². The van der Waals surface area contributed by atoms with Crippen molar-refractivity contribution in [2.24, 2.45) is 5.41 Å². The zero-order valence-corrected chi connectivity index (χ0v) is 10.8. The molecule has 5 heteroatoms. The fraction of sp³-hybridized carbons (Fsp3) is 0.500. The molecule has 0 amide bonds. The summed E-state index contributed by atoms with van der Waals surface area (Å²) in [4.78, 5) is 3.07. The molecule has 1 heterocycles. The first-order valence-corrected chi connectivity index (χ1v) is 5.51. The molecule has 0 saturated carbocycles. The van der Waals surface area contributed by atoms with Crippen LogP contribution in [0.1, 0.15) is 32.4 Å². The molecule has 0 aliphatic carbocycles. The molecule has 1 unspecified atom stereocenters. The van der Waals surface area contributed by atoms with E-state index in [1.807, 2.05) is 0 Å². The minimum absolute atomic E-state index is 0.0597. The quantitative estimate of drug-likeness (QED) is 0.635. The standard InChI is InChI=1S/C10H12F2INO/c1-10(2,3)8(15)7-5(13)4-6(11)14-9(7)12/h4,8,15H,1-3H3. The summed E-state index contributed by atoms with van der Waals surface area (Å²) in [6, 6.07) is 1.11. The van der Waals surface area contributed by atoms with Crippen LogP contribution in [0.15, 0.2) is 6.07 Å². The van der Waals surface area contributed by atoms with Crippen molar-refractivity contribution in [1.29, 1.82) is 0 Å². The first-order valence-electron chi connectivity index (χ1n) is 4.43. The average molecular weight is 327 g/mol. The molecule has 84 valence electrons. The van der Waals surface area contributed by atoms with E-state index in [1.165, 1.54) is 0 Å². The predicted octanol–water partition coefficient (Wildman–Crippen LogP) is 3.04. The lowest BCUT2D eigenvalue weighted by molar-refractivity contribution is 0.0577. The Hall–Kier alpha value is -0.300. The second-order valence-electron chi connectivity index (χ2n) is 4.40. The predicted molar refractivity (Wildman–Crippen MR) is 61.3 cm³/mol. The van der Waals surface area contributed by atoms with Crippen LogP contribution in [-0.2, 0) is 0 Å². The highest BCUT2D eigenvalue weighted by molar-refractivity contribution is 14.1. The molecule has 1 aromatic rings. The van der Waals surface area contributed by atoms with Crippen LogP contribution >= 0.6 is 22.6 Å². The number of rotatable bonds is 1. The first-order chi connectivity index (χ1) is 6.73. The monoisotopic (exact) mass is 327 g/mol. The molecule has 0 saturated heterocycles. The fourth-order valence-corrected chi connectivity index (χ4v) is 1.92. The van der Waals surface area contributed by atoms with Gasteiger partial charge < -0.3 is 5.11 Å². The summed E-state index contributed by atoms with van der Waals surface area (Å²) in [5.74, 6) is -1.82. The van der Waals surface area contributed by atoms with Gasteiger partial charge in [-0.1, -0.05) is 20.8 Å². The summed E-state index contributed by atoms with van der Waals surface area (Å²) in [6.45, 7) is 5.32. The van der Waals surface area contributed by atoms with Crippen LogP contribution in [0.25, 0.3) is 0 Å². The Morgan fingerprint density at radius 2 is 1.93 bits per heavy atom. The summed E-state index contributed by atoms with van der Waals surface area (Å²) < 4.78 is 26.5. The van der Waals surface area contributed by atoms with E-state index in [9.17, 15) is 13.9 Å². The largest absolute Gasteiger partial charge is 0.388 e. The van der Waals surface area contributed by atoms with Gasteiger partial charge in [-0.15, -0.1) is 0 Å². The van der Waals surface area contributed by atoms with E-state index in [0.717, 1.165) is 6.07 Å². The van der Waals surface area contributed by atoms with Crippen molar-refractivity contribution >= 4 is 22.6 Å². The van der Waals surface area contributed by atoms with Crippen LogP contribution in [0.4, 0.5) is 8.78 Å².